The molecule has 0 fully saturated rings. The Morgan fingerprint density at radius 1 is 0.889 bits per heavy atom. The molecule has 0 N–H and O–H groups in total. The molecule has 0 amide bonds. The molecule has 0 aliphatic heterocycles. The highest BCUT2D eigenvalue weighted by atomic mass is 35.5. The molecule has 0 bridgehead atoms. The van der Waals surface area contributed by atoms with E-state index in [2.05, 4.69) is 0 Å². The van der Waals surface area contributed by atoms with E-state index in [-0.39, 0.29) is 16.1 Å². The van der Waals surface area contributed by atoms with Gasteiger partial charge in [-0.05, 0) is 17.7 Å². The van der Waals surface area contributed by atoms with Crippen LogP contribution in [0.25, 0.3) is 0 Å². The van der Waals surface area contributed by atoms with E-state index in [1.54, 1.807) is 0 Å². The maximum Gasteiger partial charge on any atom is 0.142 e. The van der Waals surface area contributed by atoms with Gasteiger partial charge in [0.1, 0.15) is 17.5 Å². The van der Waals surface area contributed by atoms with Gasteiger partial charge in [-0.3, -0.25) is 0 Å². The molecule has 0 aliphatic rings. The highest BCUT2D eigenvalue weighted by Gasteiger charge is 2.19. The van der Waals surface area contributed by atoms with Gasteiger partial charge in [0, 0.05) is 11.6 Å². The van der Waals surface area contributed by atoms with Crippen molar-refractivity contribution < 1.29 is 13.2 Å². The Kier molecular flexibility index (Phi) is 3.83. The molecule has 18 heavy (non-hydrogen) atoms. The van der Waals surface area contributed by atoms with Gasteiger partial charge in [-0.1, -0.05) is 29.8 Å². The predicted octanol–water partition coefficient (Wildman–Crippen LogP) is 5.09. The van der Waals surface area contributed by atoms with Crippen LogP contribution < -0.4 is 0 Å². The molecule has 0 saturated heterocycles. The molecule has 5 heteroatoms. The Balaban J connectivity index is 2.48. The third kappa shape index (κ3) is 2.47. The predicted molar refractivity (Wildman–Crippen MR) is 65.5 cm³/mol. The molecule has 1 atom stereocenters. The summed E-state index contributed by atoms with van der Waals surface area (Å²) in [6.45, 7) is 0. The minimum absolute atomic E-state index is 0.0468. The van der Waals surface area contributed by atoms with Crippen molar-refractivity contribution in [3.05, 3.63) is 70.0 Å². The topological polar surface area (TPSA) is 0 Å². The quantitative estimate of drug-likeness (QED) is 0.676. The first-order chi connectivity index (χ1) is 8.50. The first-order valence-corrected chi connectivity index (χ1v) is 5.85. The zero-order chi connectivity index (χ0) is 13.3. The van der Waals surface area contributed by atoms with Gasteiger partial charge in [0.2, 0.25) is 0 Å². The molecule has 0 radical (unpaired) electrons. The van der Waals surface area contributed by atoms with E-state index >= 15 is 0 Å². The largest absolute Gasteiger partial charge is 0.207 e. The van der Waals surface area contributed by atoms with E-state index in [4.69, 9.17) is 23.2 Å². The van der Waals surface area contributed by atoms with Gasteiger partial charge in [-0.25, -0.2) is 13.2 Å². The van der Waals surface area contributed by atoms with Gasteiger partial charge in [-0.2, -0.15) is 0 Å². The molecule has 0 aromatic heterocycles. The van der Waals surface area contributed by atoms with E-state index < -0.39 is 22.8 Å². The van der Waals surface area contributed by atoms with Crippen LogP contribution in [0.4, 0.5) is 13.2 Å². The average Bonchev–Trinajstić information content (AvgIpc) is 2.32. The third-order valence-corrected chi connectivity index (χ3v) is 3.36. The molecule has 2 rings (SSSR count). The third-order valence-electron chi connectivity index (χ3n) is 2.49. The molecule has 2 aromatic rings. The van der Waals surface area contributed by atoms with Crippen LogP contribution in [-0.4, -0.2) is 0 Å². The van der Waals surface area contributed by atoms with Crippen molar-refractivity contribution in [3.8, 4) is 0 Å². The fourth-order valence-electron chi connectivity index (χ4n) is 1.59. The molecule has 0 aliphatic carbocycles. The molecule has 0 spiro atoms. The number of alkyl halides is 1. The second-order valence-corrected chi connectivity index (χ2v) is 4.49. The molecule has 2 aromatic carbocycles. The second kappa shape index (κ2) is 5.21. The smallest absolute Gasteiger partial charge is 0.142 e. The Bertz CT molecular complexity index is 584. The minimum atomic E-state index is -0.978. The Hall–Kier alpha value is -1.19. The minimum Gasteiger partial charge on any atom is -0.207 e. The number of hydrogen-bond acceptors (Lipinski definition) is 0. The summed E-state index contributed by atoms with van der Waals surface area (Å²) in [5, 5.41) is -1.14. The van der Waals surface area contributed by atoms with E-state index in [0.29, 0.717) is 0 Å². The molecule has 1 unspecified atom stereocenters. The lowest BCUT2D eigenvalue weighted by molar-refractivity contribution is 0.573. The van der Waals surface area contributed by atoms with Crippen LogP contribution in [0.3, 0.4) is 0 Å². The normalized spacial score (nSPS) is 12.5. The molecular weight excluding hydrogens is 284 g/mol. The molecule has 0 saturated carbocycles. The summed E-state index contributed by atoms with van der Waals surface area (Å²) in [6, 6.07) is 7.11. The average molecular weight is 291 g/mol. The molecular formula is C13H7Cl2F3. The number of benzene rings is 2. The molecule has 94 valence electrons. The summed E-state index contributed by atoms with van der Waals surface area (Å²) >= 11 is 11.8. The van der Waals surface area contributed by atoms with E-state index in [0.717, 1.165) is 12.1 Å². The van der Waals surface area contributed by atoms with Gasteiger partial charge in [0.05, 0.1) is 10.4 Å². The van der Waals surface area contributed by atoms with Gasteiger partial charge < -0.3 is 0 Å². The molecule has 0 nitrogen and oxygen atoms in total. The summed E-state index contributed by atoms with van der Waals surface area (Å²) in [7, 11) is 0. The van der Waals surface area contributed by atoms with Gasteiger partial charge >= 0.3 is 0 Å². The van der Waals surface area contributed by atoms with Crippen molar-refractivity contribution in [2.75, 3.05) is 0 Å². The highest BCUT2D eigenvalue weighted by Crippen LogP contribution is 2.35. The van der Waals surface area contributed by atoms with E-state index in [9.17, 15) is 13.2 Å². The first-order valence-electron chi connectivity index (χ1n) is 5.03. The van der Waals surface area contributed by atoms with Crippen molar-refractivity contribution in [2.24, 2.45) is 0 Å². The van der Waals surface area contributed by atoms with Crippen LogP contribution in [0, 0.1) is 17.5 Å². The van der Waals surface area contributed by atoms with Crippen LogP contribution in [0.2, 0.25) is 5.02 Å². The maximum atomic E-state index is 13.6. The van der Waals surface area contributed by atoms with Gasteiger partial charge in [-0.15, -0.1) is 11.6 Å². The summed E-state index contributed by atoms with van der Waals surface area (Å²) in [5.41, 5.74) is 0.286. The van der Waals surface area contributed by atoms with Crippen molar-refractivity contribution in [1.82, 2.24) is 0 Å². The standard InChI is InChI=1S/C13H7Cl2F3/c14-12(8-5-4-7(16)6-11(8)18)9-2-1-3-10(17)13(9)15/h1-6,12H. The SMILES string of the molecule is Fc1ccc(C(Cl)c2cccc(F)c2Cl)c(F)c1. The zero-order valence-electron chi connectivity index (χ0n) is 8.93. The lowest BCUT2D eigenvalue weighted by atomic mass is 10.0. The lowest BCUT2D eigenvalue weighted by Gasteiger charge is -2.13. The zero-order valence-corrected chi connectivity index (χ0v) is 10.4. The summed E-state index contributed by atoms with van der Waals surface area (Å²) in [5.74, 6) is -2.14. The fourth-order valence-corrected chi connectivity index (χ4v) is 2.24. The van der Waals surface area contributed by atoms with E-state index in [1.165, 1.54) is 24.3 Å². The Morgan fingerprint density at radius 3 is 2.28 bits per heavy atom. The van der Waals surface area contributed by atoms with Crippen molar-refractivity contribution >= 4 is 23.2 Å². The summed E-state index contributed by atoms with van der Waals surface area (Å²) in [4.78, 5) is 0. The Labute approximate surface area is 112 Å². The number of halogens is 5. The van der Waals surface area contributed by atoms with Crippen molar-refractivity contribution in [2.45, 2.75) is 5.38 Å². The summed E-state index contributed by atoms with van der Waals surface area (Å²) in [6.07, 6.45) is 0. The summed E-state index contributed by atoms with van der Waals surface area (Å²) < 4.78 is 39.6. The van der Waals surface area contributed by atoms with Crippen molar-refractivity contribution in [3.63, 3.8) is 0 Å². The first kappa shape index (κ1) is 13.2. The maximum absolute atomic E-state index is 13.6. The number of hydrogen-bond donors (Lipinski definition) is 0. The van der Waals surface area contributed by atoms with Crippen LogP contribution in [0.15, 0.2) is 36.4 Å². The number of rotatable bonds is 2. The van der Waals surface area contributed by atoms with Crippen LogP contribution in [0.5, 0.6) is 0 Å². The van der Waals surface area contributed by atoms with Crippen LogP contribution >= 0.6 is 23.2 Å². The van der Waals surface area contributed by atoms with Crippen LogP contribution in [-0.2, 0) is 0 Å². The second-order valence-electron chi connectivity index (χ2n) is 3.67. The highest BCUT2D eigenvalue weighted by molar-refractivity contribution is 6.33. The fraction of sp³-hybridized carbons (Fsp3) is 0.0769. The van der Waals surface area contributed by atoms with Gasteiger partial charge in [0.25, 0.3) is 0 Å². The van der Waals surface area contributed by atoms with E-state index in [1.807, 2.05) is 0 Å². The lowest BCUT2D eigenvalue weighted by Crippen LogP contribution is -1.99. The molecule has 0 heterocycles. The Morgan fingerprint density at radius 2 is 1.61 bits per heavy atom. The van der Waals surface area contributed by atoms with Crippen LogP contribution in [0.1, 0.15) is 16.5 Å². The van der Waals surface area contributed by atoms with Crippen molar-refractivity contribution in [1.29, 1.82) is 0 Å². The monoisotopic (exact) mass is 290 g/mol. The van der Waals surface area contributed by atoms with Gasteiger partial charge in [0.15, 0.2) is 0 Å².